The van der Waals surface area contributed by atoms with Crippen molar-refractivity contribution in [2.75, 3.05) is 5.73 Å². The summed E-state index contributed by atoms with van der Waals surface area (Å²) in [4.78, 5) is 22.6. The number of para-hydroxylation sites is 1. The van der Waals surface area contributed by atoms with E-state index in [9.17, 15) is 9.18 Å². The normalized spacial score (nSPS) is 12.5. The summed E-state index contributed by atoms with van der Waals surface area (Å²) < 4.78 is 24.2. The Bertz CT molecular complexity index is 2210. The molecule has 41 heavy (non-hydrogen) atoms. The van der Waals surface area contributed by atoms with E-state index in [4.69, 9.17) is 15.2 Å². The Kier molecular flexibility index (Phi) is 5.46. The van der Waals surface area contributed by atoms with Crippen molar-refractivity contribution in [1.29, 1.82) is 0 Å². The number of nitrogens with zero attached hydrogens (tertiary/aromatic N) is 6. The predicted molar refractivity (Wildman–Crippen MR) is 156 cm³/mol. The molecule has 0 bridgehead atoms. The van der Waals surface area contributed by atoms with E-state index in [0.29, 0.717) is 39.0 Å². The van der Waals surface area contributed by atoms with Crippen molar-refractivity contribution in [3.63, 3.8) is 0 Å². The van der Waals surface area contributed by atoms with Crippen molar-refractivity contribution in [3.05, 3.63) is 101 Å². The zero-order valence-electron chi connectivity index (χ0n) is 22.5. The highest BCUT2D eigenvalue weighted by Gasteiger charge is 2.27. The second-order valence-corrected chi connectivity index (χ2v) is 10.0. The summed E-state index contributed by atoms with van der Waals surface area (Å²) in [5.41, 5.74) is 10.9. The molecule has 0 saturated carbocycles. The molecule has 0 radical (unpaired) electrons. The number of rotatable bonds is 4. The number of halogens is 1. The van der Waals surface area contributed by atoms with Gasteiger partial charge in [-0.1, -0.05) is 36.4 Å². The maximum atomic E-state index is 14.3. The molecule has 7 aromatic rings. The summed E-state index contributed by atoms with van der Waals surface area (Å²) in [6.45, 7) is 3.87. The Morgan fingerprint density at radius 3 is 2.61 bits per heavy atom. The van der Waals surface area contributed by atoms with Gasteiger partial charge in [-0.2, -0.15) is 10.2 Å². The minimum absolute atomic E-state index is 0.258. The number of fused-ring (bicyclic) bond motifs is 3. The van der Waals surface area contributed by atoms with Crippen molar-refractivity contribution in [2.24, 2.45) is 7.05 Å². The second kappa shape index (κ2) is 9.09. The van der Waals surface area contributed by atoms with Gasteiger partial charge in [-0.05, 0) is 49.7 Å². The van der Waals surface area contributed by atoms with Gasteiger partial charge in [0.1, 0.15) is 41.0 Å². The molecule has 9 nitrogen and oxygen atoms in total. The first-order valence-corrected chi connectivity index (χ1v) is 13.1. The van der Waals surface area contributed by atoms with Crippen LogP contribution in [0.15, 0.2) is 82.3 Å². The van der Waals surface area contributed by atoms with Crippen LogP contribution in [0.5, 0.6) is 0 Å². The first kappa shape index (κ1) is 24.6. The van der Waals surface area contributed by atoms with E-state index in [1.54, 1.807) is 41.1 Å². The van der Waals surface area contributed by atoms with Gasteiger partial charge in [-0.15, -0.1) is 0 Å². The molecule has 0 aliphatic carbocycles. The molecule has 1 unspecified atom stereocenters. The third kappa shape index (κ3) is 3.79. The highest BCUT2D eigenvalue weighted by Crippen LogP contribution is 2.37. The Balaban J connectivity index is 1.49. The lowest BCUT2D eigenvalue weighted by Gasteiger charge is -2.17. The Labute approximate surface area is 232 Å². The number of hydrogen-bond acceptors (Lipinski definition) is 7. The molecule has 2 N–H and O–H groups in total. The van der Waals surface area contributed by atoms with Crippen LogP contribution in [0.1, 0.15) is 24.4 Å². The Morgan fingerprint density at radius 1 is 0.951 bits per heavy atom. The average molecular weight is 546 g/mol. The first-order valence-electron chi connectivity index (χ1n) is 13.1. The number of aromatic nitrogens is 6. The van der Waals surface area contributed by atoms with Crippen LogP contribution in [-0.2, 0) is 7.05 Å². The van der Waals surface area contributed by atoms with Crippen LogP contribution in [-0.4, -0.2) is 29.5 Å². The van der Waals surface area contributed by atoms with Crippen LogP contribution in [0.25, 0.3) is 55.3 Å². The lowest BCUT2D eigenvalue weighted by molar-refractivity contribution is 0.446. The molecule has 1 atom stereocenters. The molecule has 10 heteroatoms. The van der Waals surface area contributed by atoms with Gasteiger partial charge < -0.3 is 10.2 Å². The van der Waals surface area contributed by atoms with Crippen LogP contribution in [0, 0.1) is 12.7 Å². The number of benzene rings is 3. The number of nitrogens with two attached hydrogens (primary N) is 1. The predicted octanol–water partition coefficient (Wildman–Crippen LogP) is 5.79. The van der Waals surface area contributed by atoms with Crippen molar-refractivity contribution in [3.8, 4) is 22.4 Å². The molecule has 0 spiro atoms. The molecular weight excluding hydrogens is 521 g/mol. The highest BCUT2D eigenvalue weighted by molar-refractivity contribution is 6.00. The molecule has 7 rings (SSSR count). The maximum absolute atomic E-state index is 14.3. The third-order valence-corrected chi connectivity index (χ3v) is 7.61. The monoisotopic (exact) mass is 545 g/mol. The Morgan fingerprint density at radius 2 is 1.78 bits per heavy atom. The summed E-state index contributed by atoms with van der Waals surface area (Å²) in [6.07, 6.45) is 1.38. The van der Waals surface area contributed by atoms with E-state index in [0.717, 1.165) is 22.2 Å². The van der Waals surface area contributed by atoms with Gasteiger partial charge in [0.15, 0.2) is 5.65 Å². The summed E-state index contributed by atoms with van der Waals surface area (Å²) >= 11 is 0. The summed E-state index contributed by atoms with van der Waals surface area (Å²) in [5, 5.41) is 11.6. The minimum Gasteiger partial charge on any atom is -0.458 e. The molecule has 202 valence electrons. The van der Waals surface area contributed by atoms with E-state index < -0.39 is 11.9 Å². The smallest absolute Gasteiger partial charge is 0.200 e. The molecule has 0 amide bonds. The van der Waals surface area contributed by atoms with E-state index >= 15 is 0 Å². The van der Waals surface area contributed by atoms with Crippen LogP contribution in [0.2, 0.25) is 0 Å². The molecule has 3 aromatic carbocycles. The van der Waals surface area contributed by atoms with Gasteiger partial charge in [-0.25, -0.2) is 19.0 Å². The fraction of sp³-hybridized carbons (Fsp3) is 0.129. The van der Waals surface area contributed by atoms with E-state index in [-0.39, 0.29) is 16.8 Å². The lowest BCUT2D eigenvalue weighted by atomic mass is 9.99. The molecule has 0 fully saturated rings. The largest absolute Gasteiger partial charge is 0.458 e. The zero-order valence-corrected chi connectivity index (χ0v) is 22.5. The molecule has 4 heterocycles. The van der Waals surface area contributed by atoms with Crippen molar-refractivity contribution >= 4 is 38.7 Å². The standard InChI is InChI=1S/C31H24FN7O2/c1-16-21-12-11-19(14-23(21)36-38(16)3)27-26-30(33)34-15-35-31(26)39(37-27)17(2)29-25(18-7-6-8-20(32)13-18)28(40)22-9-4-5-10-24(22)41-29/h4-15,17H,1-3H3,(H2,33,34,35). The van der Waals surface area contributed by atoms with Crippen LogP contribution >= 0.6 is 0 Å². The van der Waals surface area contributed by atoms with Crippen LogP contribution in [0.4, 0.5) is 10.2 Å². The minimum atomic E-state index is -0.628. The van der Waals surface area contributed by atoms with Crippen LogP contribution < -0.4 is 11.2 Å². The molecular formula is C31H24FN7O2. The maximum Gasteiger partial charge on any atom is 0.200 e. The van der Waals surface area contributed by atoms with E-state index in [1.807, 2.05) is 43.8 Å². The zero-order chi connectivity index (χ0) is 28.4. The number of aryl methyl sites for hydroxylation is 2. The average Bonchev–Trinajstić information content (AvgIpc) is 3.50. The van der Waals surface area contributed by atoms with Crippen molar-refractivity contribution in [1.82, 2.24) is 29.5 Å². The van der Waals surface area contributed by atoms with Gasteiger partial charge in [0.2, 0.25) is 5.43 Å². The Hall–Kier alpha value is -5.38. The third-order valence-electron chi connectivity index (χ3n) is 7.61. The second-order valence-electron chi connectivity index (χ2n) is 10.0. The lowest BCUT2D eigenvalue weighted by Crippen LogP contribution is -2.16. The summed E-state index contributed by atoms with van der Waals surface area (Å²) in [5.74, 6) is 0.135. The molecule has 0 aliphatic heterocycles. The number of nitrogen functional groups attached to an aromatic ring is 1. The highest BCUT2D eigenvalue weighted by atomic mass is 19.1. The molecule has 4 aromatic heterocycles. The fourth-order valence-corrected chi connectivity index (χ4v) is 5.43. The van der Waals surface area contributed by atoms with Crippen molar-refractivity contribution in [2.45, 2.75) is 19.9 Å². The van der Waals surface area contributed by atoms with Gasteiger partial charge in [0.25, 0.3) is 0 Å². The molecule has 0 aliphatic rings. The first-order chi connectivity index (χ1) is 19.8. The fourth-order valence-electron chi connectivity index (χ4n) is 5.43. The molecule has 0 saturated heterocycles. The number of hydrogen-bond donors (Lipinski definition) is 1. The summed E-state index contributed by atoms with van der Waals surface area (Å²) in [6, 6.07) is 18.2. The van der Waals surface area contributed by atoms with Gasteiger partial charge >= 0.3 is 0 Å². The summed E-state index contributed by atoms with van der Waals surface area (Å²) in [7, 11) is 1.90. The van der Waals surface area contributed by atoms with E-state index in [1.165, 1.54) is 18.5 Å². The SMILES string of the molecule is Cc1c2ccc(-c3nn(C(C)c4oc5ccccc5c(=O)c4-c4cccc(F)c4)c4ncnc(N)c34)cc2nn1C. The van der Waals surface area contributed by atoms with Crippen LogP contribution in [0.3, 0.4) is 0 Å². The van der Waals surface area contributed by atoms with E-state index in [2.05, 4.69) is 15.1 Å². The number of anilines is 1. The van der Waals surface area contributed by atoms with Gasteiger partial charge in [0, 0.05) is 23.7 Å². The quantitative estimate of drug-likeness (QED) is 0.297. The van der Waals surface area contributed by atoms with Gasteiger partial charge in [0.05, 0.1) is 21.9 Å². The van der Waals surface area contributed by atoms with Gasteiger partial charge in [-0.3, -0.25) is 9.48 Å². The topological polar surface area (TPSA) is 118 Å². The van der Waals surface area contributed by atoms with Crippen molar-refractivity contribution < 1.29 is 8.81 Å².